The monoisotopic (exact) mass is 256 g/mol. The summed E-state index contributed by atoms with van der Waals surface area (Å²) in [7, 11) is -0.113. The highest BCUT2D eigenvalue weighted by molar-refractivity contribution is 7.86. The van der Waals surface area contributed by atoms with Crippen molar-refractivity contribution in [1.82, 2.24) is 8.61 Å². The van der Waals surface area contributed by atoms with E-state index < -0.39 is 10.2 Å². The van der Waals surface area contributed by atoms with Crippen molar-refractivity contribution in [3.05, 3.63) is 29.8 Å². The molecule has 1 aliphatic heterocycles. The van der Waals surface area contributed by atoms with Gasteiger partial charge in [0.2, 0.25) is 0 Å². The highest BCUT2D eigenvalue weighted by Gasteiger charge is 2.35. The first-order chi connectivity index (χ1) is 8.05. The third-order valence-electron chi connectivity index (χ3n) is 2.71. The van der Waals surface area contributed by atoms with Gasteiger partial charge in [-0.05, 0) is 6.07 Å². The highest BCUT2D eigenvalue weighted by atomic mass is 32.2. The van der Waals surface area contributed by atoms with Gasteiger partial charge in [-0.3, -0.25) is 0 Å². The first-order valence-electron chi connectivity index (χ1n) is 5.39. The molecule has 0 bridgehead atoms. The zero-order valence-corrected chi connectivity index (χ0v) is 10.8. The lowest BCUT2D eigenvalue weighted by Gasteiger charge is -2.18. The standard InChI is InChI=1S/C11H16N2O3S/c1-12(17(14,15)13-7-8-13)9-10-5-3-4-6-11(10)16-2/h3-6H,7-9H2,1-2H3. The third kappa shape index (κ3) is 2.59. The molecule has 0 aromatic heterocycles. The lowest BCUT2D eigenvalue weighted by atomic mass is 10.2. The highest BCUT2D eigenvalue weighted by Crippen LogP contribution is 2.22. The zero-order valence-electron chi connectivity index (χ0n) is 9.96. The van der Waals surface area contributed by atoms with Gasteiger partial charge in [-0.15, -0.1) is 0 Å². The molecule has 1 aromatic carbocycles. The number of hydrogen-bond donors (Lipinski definition) is 0. The molecule has 0 unspecified atom stereocenters. The van der Waals surface area contributed by atoms with Crippen LogP contribution in [0, 0.1) is 0 Å². The molecule has 0 amide bonds. The second-order valence-electron chi connectivity index (χ2n) is 3.97. The Kier molecular flexibility index (Phi) is 3.37. The fraction of sp³-hybridized carbons (Fsp3) is 0.455. The number of para-hydroxylation sites is 1. The van der Waals surface area contributed by atoms with Gasteiger partial charge in [-0.2, -0.15) is 17.0 Å². The molecule has 2 rings (SSSR count). The minimum Gasteiger partial charge on any atom is -0.496 e. The minimum absolute atomic E-state index is 0.322. The molecule has 1 aromatic rings. The Morgan fingerprint density at radius 3 is 2.59 bits per heavy atom. The van der Waals surface area contributed by atoms with Crippen LogP contribution in [-0.2, 0) is 16.8 Å². The molecule has 6 heteroatoms. The van der Waals surface area contributed by atoms with Crippen LogP contribution in [0.4, 0.5) is 0 Å². The quantitative estimate of drug-likeness (QED) is 0.728. The maximum atomic E-state index is 11.9. The van der Waals surface area contributed by atoms with Crippen molar-refractivity contribution >= 4 is 10.2 Å². The van der Waals surface area contributed by atoms with E-state index in [1.807, 2.05) is 24.3 Å². The van der Waals surface area contributed by atoms with Gasteiger partial charge in [0.25, 0.3) is 10.2 Å². The number of nitrogens with zero attached hydrogens (tertiary/aromatic N) is 2. The van der Waals surface area contributed by atoms with Crippen LogP contribution in [0.2, 0.25) is 0 Å². The van der Waals surface area contributed by atoms with E-state index in [0.29, 0.717) is 25.4 Å². The first kappa shape index (κ1) is 12.3. The molecule has 1 heterocycles. The van der Waals surface area contributed by atoms with E-state index in [1.165, 1.54) is 8.61 Å². The van der Waals surface area contributed by atoms with Gasteiger partial charge >= 0.3 is 0 Å². The van der Waals surface area contributed by atoms with Gasteiger partial charge in [-0.1, -0.05) is 18.2 Å². The fourth-order valence-corrected chi connectivity index (χ4v) is 2.86. The first-order valence-corrected chi connectivity index (χ1v) is 6.78. The molecule has 1 aliphatic rings. The van der Waals surface area contributed by atoms with Gasteiger partial charge in [0.05, 0.1) is 7.11 Å². The van der Waals surface area contributed by atoms with E-state index in [9.17, 15) is 8.42 Å². The third-order valence-corrected chi connectivity index (χ3v) is 4.65. The molecule has 17 heavy (non-hydrogen) atoms. The van der Waals surface area contributed by atoms with Gasteiger partial charge < -0.3 is 4.74 Å². The Morgan fingerprint density at radius 1 is 1.35 bits per heavy atom. The molecular weight excluding hydrogens is 240 g/mol. The van der Waals surface area contributed by atoms with Crippen LogP contribution in [0.1, 0.15) is 5.56 Å². The van der Waals surface area contributed by atoms with Crippen molar-refractivity contribution in [3.8, 4) is 5.75 Å². The van der Waals surface area contributed by atoms with Crippen LogP contribution < -0.4 is 4.74 Å². The van der Waals surface area contributed by atoms with Crippen molar-refractivity contribution in [1.29, 1.82) is 0 Å². The molecule has 0 spiro atoms. The van der Waals surface area contributed by atoms with Gasteiger partial charge in [0, 0.05) is 32.2 Å². The van der Waals surface area contributed by atoms with Crippen LogP contribution in [0.25, 0.3) is 0 Å². The Balaban J connectivity index is 2.15. The van der Waals surface area contributed by atoms with E-state index >= 15 is 0 Å². The summed E-state index contributed by atoms with van der Waals surface area (Å²) in [5.74, 6) is 0.709. The summed E-state index contributed by atoms with van der Waals surface area (Å²) in [4.78, 5) is 0. The second kappa shape index (κ2) is 4.64. The molecule has 1 saturated heterocycles. The van der Waals surface area contributed by atoms with Crippen LogP contribution in [0.5, 0.6) is 5.75 Å². The number of benzene rings is 1. The van der Waals surface area contributed by atoms with Gasteiger partial charge in [0.1, 0.15) is 5.75 Å². The van der Waals surface area contributed by atoms with Crippen molar-refractivity contribution in [2.75, 3.05) is 27.2 Å². The molecule has 0 saturated carbocycles. The van der Waals surface area contributed by atoms with E-state index in [0.717, 1.165) is 5.56 Å². The SMILES string of the molecule is COc1ccccc1CN(C)S(=O)(=O)N1CC1. The summed E-state index contributed by atoms with van der Waals surface area (Å²) >= 11 is 0. The number of rotatable bonds is 5. The smallest absolute Gasteiger partial charge is 0.282 e. The Hall–Kier alpha value is -1.11. The average Bonchev–Trinajstić information content (AvgIpc) is 3.13. The normalized spacial score (nSPS) is 16.2. The molecule has 1 fully saturated rings. The molecule has 0 aliphatic carbocycles. The summed E-state index contributed by atoms with van der Waals surface area (Å²) in [6, 6.07) is 7.43. The predicted octanol–water partition coefficient (Wildman–Crippen LogP) is 0.687. The number of methoxy groups -OCH3 is 1. The number of hydrogen-bond acceptors (Lipinski definition) is 3. The van der Waals surface area contributed by atoms with Crippen LogP contribution in [0.15, 0.2) is 24.3 Å². The lowest BCUT2D eigenvalue weighted by molar-refractivity contribution is 0.394. The van der Waals surface area contributed by atoms with Crippen LogP contribution >= 0.6 is 0 Å². The van der Waals surface area contributed by atoms with E-state index in [1.54, 1.807) is 14.2 Å². The molecule has 0 radical (unpaired) electrons. The van der Waals surface area contributed by atoms with Gasteiger partial charge in [0.15, 0.2) is 0 Å². The fourth-order valence-electron chi connectivity index (χ4n) is 1.62. The second-order valence-corrected chi connectivity index (χ2v) is 6.01. The minimum atomic E-state index is -3.28. The molecule has 0 N–H and O–H groups in total. The van der Waals surface area contributed by atoms with Crippen LogP contribution in [0.3, 0.4) is 0 Å². The van der Waals surface area contributed by atoms with Crippen molar-refractivity contribution in [3.63, 3.8) is 0 Å². The summed E-state index contributed by atoms with van der Waals surface area (Å²) in [5.41, 5.74) is 0.864. The Morgan fingerprint density at radius 2 is 2.00 bits per heavy atom. The van der Waals surface area contributed by atoms with Gasteiger partial charge in [-0.25, -0.2) is 0 Å². The van der Waals surface area contributed by atoms with Crippen molar-refractivity contribution in [2.45, 2.75) is 6.54 Å². The lowest BCUT2D eigenvalue weighted by Crippen LogP contribution is -2.31. The topological polar surface area (TPSA) is 49.6 Å². The number of ether oxygens (including phenoxy) is 1. The average molecular weight is 256 g/mol. The summed E-state index contributed by atoms with van der Waals surface area (Å²) in [5, 5.41) is 0. The predicted molar refractivity (Wildman–Crippen MR) is 65.0 cm³/mol. The maximum Gasteiger partial charge on any atom is 0.282 e. The van der Waals surface area contributed by atoms with E-state index in [-0.39, 0.29) is 0 Å². The van der Waals surface area contributed by atoms with Crippen LogP contribution in [-0.4, -0.2) is 44.3 Å². The zero-order chi connectivity index (χ0) is 12.5. The largest absolute Gasteiger partial charge is 0.496 e. The maximum absolute atomic E-state index is 11.9. The Bertz CT molecular complexity index is 497. The summed E-state index contributed by atoms with van der Waals surface area (Å²) in [6.45, 7) is 1.57. The molecular formula is C11H16N2O3S. The molecule has 94 valence electrons. The summed E-state index contributed by atoms with van der Waals surface area (Å²) < 4.78 is 31.8. The summed E-state index contributed by atoms with van der Waals surface area (Å²) in [6.07, 6.45) is 0. The van der Waals surface area contributed by atoms with E-state index in [4.69, 9.17) is 4.74 Å². The molecule has 0 atom stereocenters. The van der Waals surface area contributed by atoms with E-state index in [2.05, 4.69) is 0 Å². The van der Waals surface area contributed by atoms with Crippen molar-refractivity contribution < 1.29 is 13.2 Å². The molecule has 5 nitrogen and oxygen atoms in total. The van der Waals surface area contributed by atoms with Crippen molar-refractivity contribution in [2.24, 2.45) is 0 Å². The Labute approximate surface area is 102 Å².